The Bertz CT molecular complexity index is 542. The van der Waals surface area contributed by atoms with Gasteiger partial charge in [-0.15, -0.1) is 0 Å². The van der Waals surface area contributed by atoms with Gasteiger partial charge >= 0.3 is 5.97 Å². The van der Waals surface area contributed by atoms with Crippen molar-refractivity contribution >= 4 is 11.9 Å². The largest absolute Gasteiger partial charge is 0.480 e. The summed E-state index contributed by atoms with van der Waals surface area (Å²) in [4.78, 5) is 27.6. The van der Waals surface area contributed by atoms with E-state index in [9.17, 15) is 14.7 Å². The smallest absolute Gasteiger partial charge is 0.320 e. The number of carboxylic acid groups (broad SMARTS) is 1. The number of carboxylic acids is 1. The SMILES string of the molecule is O=C(O)[C@@H]1CCCN1CC(=O)N(Cc1ccccc1)C1CC1. The summed E-state index contributed by atoms with van der Waals surface area (Å²) >= 11 is 0. The van der Waals surface area contributed by atoms with E-state index >= 15 is 0 Å². The highest BCUT2D eigenvalue weighted by atomic mass is 16.4. The van der Waals surface area contributed by atoms with E-state index in [1.54, 1.807) is 0 Å². The Morgan fingerprint density at radius 1 is 1.18 bits per heavy atom. The van der Waals surface area contributed by atoms with Crippen molar-refractivity contribution in [3.8, 4) is 0 Å². The molecule has 0 aromatic heterocycles. The van der Waals surface area contributed by atoms with Crippen LogP contribution in [0.25, 0.3) is 0 Å². The van der Waals surface area contributed by atoms with E-state index in [1.807, 2.05) is 40.1 Å². The molecule has 1 heterocycles. The molecule has 1 aromatic rings. The second-order valence-corrected chi connectivity index (χ2v) is 6.21. The minimum atomic E-state index is -0.814. The molecule has 1 saturated heterocycles. The third kappa shape index (κ3) is 3.47. The van der Waals surface area contributed by atoms with Crippen LogP contribution in [0.1, 0.15) is 31.2 Å². The fourth-order valence-corrected chi connectivity index (χ4v) is 3.15. The van der Waals surface area contributed by atoms with Crippen LogP contribution in [-0.2, 0) is 16.1 Å². The fraction of sp³-hybridized carbons (Fsp3) is 0.529. The van der Waals surface area contributed by atoms with Crippen molar-refractivity contribution in [1.29, 1.82) is 0 Å². The number of likely N-dealkylation sites (tertiary alicyclic amines) is 1. The number of aliphatic carboxylic acids is 1. The summed E-state index contributed by atoms with van der Waals surface area (Å²) in [5.74, 6) is -0.758. The zero-order valence-electron chi connectivity index (χ0n) is 12.6. The molecule has 5 nitrogen and oxygen atoms in total. The van der Waals surface area contributed by atoms with E-state index in [-0.39, 0.29) is 12.5 Å². The minimum Gasteiger partial charge on any atom is -0.480 e. The number of hydrogen-bond donors (Lipinski definition) is 1. The first-order valence-electron chi connectivity index (χ1n) is 7.95. The lowest BCUT2D eigenvalue weighted by Gasteiger charge is -2.27. The van der Waals surface area contributed by atoms with Crippen molar-refractivity contribution in [2.75, 3.05) is 13.1 Å². The van der Waals surface area contributed by atoms with E-state index in [1.165, 1.54) is 0 Å². The summed E-state index contributed by atoms with van der Waals surface area (Å²) in [5, 5.41) is 9.23. The summed E-state index contributed by atoms with van der Waals surface area (Å²) in [6.07, 6.45) is 3.61. The standard InChI is InChI=1S/C17H22N2O3/c20-16(12-18-10-4-7-15(18)17(21)22)19(14-8-9-14)11-13-5-2-1-3-6-13/h1-3,5-6,14-15H,4,7-12H2,(H,21,22)/t15-/m0/s1. The Hall–Kier alpha value is -1.88. The summed E-state index contributed by atoms with van der Waals surface area (Å²) in [7, 11) is 0. The van der Waals surface area contributed by atoms with Crippen molar-refractivity contribution < 1.29 is 14.7 Å². The van der Waals surface area contributed by atoms with E-state index in [0.29, 0.717) is 25.6 Å². The van der Waals surface area contributed by atoms with Gasteiger partial charge < -0.3 is 10.0 Å². The molecule has 118 valence electrons. The van der Waals surface area contributed by atoms with Gasteiger partial charge in [0, 0.05) is 12.6 Å². The van der Waals surface area contributed by atoms with Gasteiger partial charge in [0.1, 0.15) is 6.04 Å². The molecular weight excluding hydrogens is 280 g/mol. The Labute approximate surface area is 130 Å². The molecule has 1 N–H and O–H groups in total. The average Bonchev–Trinajstić information content (AvgIpc) is 3.24. The number of benzene rings is 1. The monoisotopic (exact) mass is 302 g/mol. The molecule has 0 spiro atoms. The molecule has 0 bridgehead atoms. The van der Waals surface area contributed by atoms with Gasteiger partial charge in [-0.1, -0.05) is 30.3 Å². The van der Waals surface area contributed by atoms with Crippen LogP contribution < -0.4 is 0 Å². The third-order valence-corrected chi connectivity index (χ3v) is 4.49. The molecule has 0 unspecified atom stereocenters. The van der Waals surface area contributed by atoms with Gasteiger partial charge in [-0.05, 0) is 37.8 Å². The van der Waals surface area contributed by atoms with Crippen LogP contribution in [-0.4, -0.2) is 52.0 Å². The average molecular weight is 302 g/mol. The van der Waals surface area contributed by atoms with Crippen molar-refractivity contribution in [2.24, 2.45) is 0 Å². The lowest BCUT2D eigenvalue weighted by Crippen LogP contribution is -2.45. The first-order chi connectivity index (χ1) is 10.6. The Balaban J connectivity index is 1.64. The molecule has 22 heavy (non-hydrogen) atoms. The molecule has 0 radical (unpaired) electrons. The summed E-state index contributed by atoms with van der Waals surface area (Å²) in [6, 6.07) is 9.81. The van der Waals surface area contributed by atoms with Crippen molar-refractivity contribution in [1.82, 2.24) is 9.80 Å². The highest BCUT2D eigenvalue weighted by Crippen LogP contribution is 2.29. The topological polar surface area (TPSA) is 60.9 Å². The normalized spacial score (nSPS) is 21.7. The quantitative estimate of drug-likeness (QED) is 0.869. The third-order valence-electron chi connectivity index (χ3n) is 4.49. The van der Waals surface area contributed by atoms with Crippen molar-refractivity contribution in [3.05, 3.63) is 35.9 Å². The highest BCUT2D eigenvalue weighted by molar-refractivity contribution is 5.80. The summed E-state index contributed by atoms with van der Waals surface area (Å²) in [6.45, 7) is 1.54. The Morgan fingerprint density at radius 2 is 1.91 bits per heavy atom. The van der Waals surface area contributed by atoms with E-state index in [4.69, 9.17) is 0 Å². The van der Waals surface area contributed by atoms with Crippen LogP contribution in [0.15, 0.2) is 30.3 Å². The lowest BCUT2D eigenvalue weighted by atomic mass is 10.2. The zero-order valence-corrected chi connectivity index (χ0v) is 12.6. The molecule has 1 aliphatic carbocycles. The predicted molar refractivity (Wildman–Crippen MR) is 82.2 cm³/mol. The summed E-state index contributed by atoms with van der Waals surface area (Å²) in [5.41, 5.74) is 1.12. The maximum atomic E-state index is 12.6. The van der Waals surface area contributed by atoms with Gasteiger partial charge in [0.25, 0.3) is 0 Å². The number of nitrogens with zero attached hydrogens (tertiary/aromatic N) is 2. The van der Waals surface area contributed by atoms with Gasteiger partial charge in [0.2, 0.25) is 5.91 Å². The number of carbonyl (C=O) groups excluding carboxylic acids is 1. The number of hydrogen-bond acceptors (Lipinski definition) is 3. The van der Waals surface area contributed by atoms with Crippen LogP contribution in [0.5, 0.6) is 0 Å². The first kappa shape index (κ1) is 15.0. The molecule has 1 aliphatic heterocycles. The van der Waals surface area contributed by atoms with Gasteiger partial charge in [-0.2, -0.15) is 0 Å². The van der Waals surface area contributed by atoms with E-state index in [0.717, 1.165) is 24.8 Å². The van der Waals surface area contributed by atoms with Crippen molar-refractivity contribution in [2.45, 2.75) is 44.3 Å². The second-order valence-electron chi connectivity index (χ2n) is 6.21. The van der Waals surface area contributed by atoms with Crippen LogP contribution in [0.4, 0.5) is 0 Å². The molecule has 1 amide bonds. The lowest BCUT2D eigenvalue weighted by molar-refractivity contribution is -0.143. The van der Waals surface area contributed by atoms with Crippen LogP contribution >= 0.6 is 0 Å². The molecular formula is C17H22N2O3. The maximum absolute atomic E-state index is 12.6. The minimum absolute atomic E-state index is 0.0551. The van der Waals surface area contributed by atoms with Crippen molar-refractivity contribution in [3.63, 3.8) is 0 Å². The van der Waals surface area contributed by atoms with Gasteiger partial charge in [-0.3, -0.25) is 14.5 Å². The molecule has 2 fully saturated rings. The molecule has 1 saturated carbocycles. The van der Waals surface area contributed by atoms with Gasteiger partial charge in [0.15, 0.2) is 0 Å². The second kappa shape index (κ2) is 6.48. The number of carbonyl (C=O) groups is 2. The van der Waals surface area contributed by atoms with Crippen LogP contribution in [0.3, 0.4) is 0 Å². The summed E-state index contributed by atoms with van der Waals surface area (Å²) < 4.78 is 0. The fourth-order valence-electron chi connectivity index (χ4n) is 3.15. The molecule has 3 rings (SSSR count). The maximum Gasteiger partial charge on any atom is 0.320 e. The Morgan fingerprint density at radius 3 is 2.55 bits per heavy atom. The molecule has 1 atom stereocenters. The number of rotatable bonds is 6. The molecule has 1 aromatic carbocycles. The predicted octanol–water partition coefficient (Wildman–Crippen LogP) is 1.73. The number of amides is 1. The zero-order chi connectivity index (χ0) is 15.5. The first-order valence-corrected chi connectivity index (χ1v) is 7.95. The van der Waals surface area contributed by atoms with Gasteiger partial charge in [0.05, 0.1) is 6.54 Å². The highest BCUT2D eigenvalue weighted by Gasteiger charge is 2.36. The van der Waals surface area contributed by atoms with E-state index in [2.05, 4.69) is 0 Å². The Kier molecular flexibility index (Phi) is 4.43. The van der Waals surface area contributed by atoms with Crippen LogP contribution in [0.2, 0.25) is 0 Å². The van der Waals surface area contributed by atoms with Gasteiger partial charge in [-0.25, -0.2) is 0 Å². The molecule has 5 heteroatoms. The van der Waals surface area contributed by atoms with E-state index < -0.39 is 12.0 Å². The molecule has 2 aliphatic rings. The van der Waals surface area contributed by atoms with Crippen LogP contribution in [0, 0.1) is 0 Å².